The van der Waals surface area contributed by atoms with Gasteiger partial charge in [0.05, 0.1) is 18.1 Å². The number of piperidine rings is 1. The summed E-state index contributed by atoms with van der Waals surface area (Å²) in [6, 6.07) is 16.8. The molecule has 0 aliphatic carbocycles. The molecule has 1 N–H and O–H groups in total. The van der Waals surface area contributed by atoms with Gasteiger partial charge in [0.15, 0.2) is 0 Å². The molecule has 1 saturated heterocycles. The molecule has 0 radical (unpaired) electrons. The van der Waals surface area contributed by atoms with Crippen LogP contribution in [0.3, 0.4) is 0 Å². The monoisotopic (exact) mass is 361 g/mol. The zero-order valence-electron chi connectivity index (χ0n) is 15.4. The van der Waals surface area contributed by atoms with Gasteiger partial charge in [-0.1, -0.05) is 24.3 Å². The van der Waals surface area contributed by atoms with E-state index >= 15 is 0 Å². The Morgan fingerprint density at radius 2 is 1.78 bits per heavy atom. The van der Waals surface area contributed by atoms with Gasteiger partial charge in [0.1, 0.15) is 0 Å². The molecule has 5 heteroatoms. The summed E-state index contributed by atoms with van der Waals surface area (Å²) in [4.78, 5) is 26.9. The molecular formula is C22H23N3O2. The molecule has 2 aromatic rings. The first-order chi connectivity index (χ1) is 13.1. The summed E-state index contributed by atoms with van der Waals surface area (Å²) in [5, 5.41) is 11.7. The maximum atomic E-state index is 12.5. The maximum Gasteiger partial charge on any atom is 0.227 e. The molecule has 0 unspecified atom stereocenters. The molecule has 1 fully saturated rings. The van der Waals surface area contributed by atoms with E-state index < -0.39 is 0 Å². The molecule has 0 bridgehead atoms. The first-order valence-electron chi connectivity index (χ1n) is 9.20. The number of likely N-dealkylation sites (tertiary alicyclic amines) is 1. The average molecular weight is 361 g/mol. The van der Waals surface area contributed by atoms with Gasteiger partial charge in [-0.05, 0) is 55.2 Å². The lowest BCUT2D eigenvalue weighted by Gasteiger charge is -2.31. The first-order valence-corrected chi connectivity index (χ1v) is 9.20. The van der Waals surface area contributed by atoms with Crippen LogP contribution in [-0.4, -0.2) is 29.8 Å². The summed E-state index contributed by atoms with van der Waals surface area (Å²) in [5.41, 5.74) is 3.44. The van der Waals surface area contributed by atoms with E-state index in [1.807, 2.05) is 36.1 Å². The van der Waals surface area contributed by atoms with E-state index in [1.54, 1.807) is 24.3 Å². The molecule has 1 aliphatic rings. The highest BCUT2D eigenvalue weighted by molar-refractivity contribution is 5.92. The molecule has 0 aromatic heterocycles. The molecule has 0 atom stereocenters. The number of hydrogen-bond acceptors (Lipinski definition) is 3. The molecule has 1 aliphatic heterocycles. The van der Waals surface area contributed by atoms with Gasteiger partial charge in [-0.25, -0.2) is 0 Å². The summed E-state index contributed by atoms with van der Waals surface area (Å²) in [7, 11) is 0. The van der Waals surface area contributed by atoms with Crippen molar-refractivity contribution in [3.63, 3.8) is 0 Å². The van der Waals surface area contributed by atoms with Gasteiger partial charge in [-0.15, -0.1) is 0 Å². The van der Waals surface area contributed by atoms with Crippen LogP contribution in [-0.2, 0) is 16.0 Å². The number of aryl methyl sites for hydroxylation is 1. The van der Waals surface area contributed by atoms with Crippen LogP contribution in [0.1, 0.15) is 29.5 Å². The molecule has 0 spiro atoms. The van der Waals surface area contributed by atoms with Crippen molar-refractivity contribution in [1.29, 1.82) is 5.26 Å². The molecule has 3 rings (SSSR count). The number of anilines is 1. The molecule has 138 valence electrons. The fourth-order valence-electron chi connectivity index (χ4n) is 3.35. The average Bonchev–Trinajstić information content (AvgIpc) is 2.70. The molecular weight excluding hydrogens is 338 g/mol. The smallest absolute Gasteiger partial charge is 0.227 e. The third-order valence-corrected chi connectivity index (χ3v) is 5.10. The van der Waals surface area contributed by atoms with Crippen LogP contribution in [0.4, 0.5) is 5.69 Å². The fourth-order valence-corrected chi connectivity index (χ4v) is 3.35. The Labute approximate surface area is 159 Å². The van der Waals surface area contributed by atoms with Crippen molar-refractivity contribution in [2.75, 3.05) is 18.4 Å². The van der Waals surface area contributed by atoms with Gasteiger partial charge in [0.2, 0.25) is 11.8 Å². The van der Waals surface area contributed by atoms with Crippen LogP contribution >= 0.6 is 0 Å². The Morgan fingerprint density at radius 1 is 1.11 bits per heavy atom. The van der Waals surface area contributed by atoms with Crippen molar-refractivity contribution >= 4 is 17.5 Å². The zero-order valence-corrected chi connectivity index (χ0v) is 15.4. The van der Waals surface area contributed by atoms with E-state index in [9.17, 15) is 9.59 Å². The minimum Gasteiger partial charge on any atom is -0.342 e. The highest BCUT2D eigenvalue weighted by Crippen LogP contribution is 2.21. The number of hydrogen-bond donors (Lipinski definition) is 1. The summed E-state index contributed by atoms with van der Waals surface area (Å²) < 4.78 is 0. The Bertz CT molecular complexity index is 860. The van der Waals surface area contributed by atoms with Crippen LogP contribution in [0.15, 0.2) is 48.5 Å². The van der Waals surface area contributed by atoms with Gasteiger partial charge >= 0.3 is 0 Å². The topological polar surface area (TPSA) is 73.2 Å². The number of rotatable bonds is 4. The lowest BCUT2D eigenvalue weighted by atomic mass is 9.95. The van der Waals surface area contributed by atoms with E-state index in [0.29, 0.717) is 43.6 Å². The van der Waals surface area contributed by atoms with Crippen molar-refractivity contribution < 1.29 is 9.59 Å². The van der Waals surface area contributed by atoms with Gasteiger partial charge < -0.3 is 10.2 Å². The van der Waals surface area contributed by atoms with Crippen LogP contribution in [0.5, 0.6) is 0 Å². The normalized spacial score (nSPS) is 14.4. The van der Waals surface area contributed by atoms with Crippen LogP contribution in [0.25, 0.3) is 0 Å². The first kappa shape index (κ1) is 18.7. The molecule has 1 heterocycles. The number of carbonyl (C=O) groups is 2. The lowest BCUT2D eigenvalue weighted by Crippen LogP contribution is -2.42. The number of amides is 2. The molecule has 27 heavy (non-hydrogen) atoms. The Kier molecular flexibility index (Phi) is 5.87. The Hall–Kier alpha value is -3.13. The van der Waals surface area contributed by atoms with Crippen LogP contribution < -0.4 is 5.32 Å². The molecule has 2 aromatic carbocycles. The summed E-state index contributed by atoms with van der Waals surface area (Å²) in [6.07, 6.45) is 1.75. The number of nitriles is 1. The lowest BCUT2D eigenvalue weighted by molar-refractivity contribution is -0.133. The Balaban J connectivity index is 1.50. The minimum absolute atomic E-state index is 0.0225. The second kappa shape index (κ2) is 8.50. The van der Waals surface area contributed by atoms with Crippen LogP contribution in [0.2, 0.25) is 0 Å². The predicted octanol–water partition coefficient (Wildman–Crippen LogP) is 3.29. The largest absolute Gasteiger partial charge is 0.342 e. The molecule has 5 nitrogen and oxygen atoms in total. The number of nitrogens with one attached hydrogen (secondary N) is 1. The van der Waals surface area contributed by atoms with E-state index in [1.165, 1.54) is 0 Å². The zero-order chi connectivity index (χ0) is 19.2. The standard InChI is InChI=1S/C22H23N3O2/c1-16-4-2-3-5-19(16)14-21(26)25-12-10-18(11-13-25)22(27)24-20-8-6-17(15-23)7-9-20/h2-9,18H,10-14H2,1H3,(H,24,27). The number of carbonyl (C=O) groups excluding carboxylic acids is 2. The van der Waals surface area contributed by atoms with E-state index in [-0.39, 0.29) is 17.7 Å². The highest BCUT2D eigenvalue weighted by atomic mass is 16.2. The fraction of sp³-hybridized carbons (Fsp3) is 0.318. The number of nitrogens with zero attached hydrogens (tertiary/aromatic N) is 2. The second-order valence-corrected chi connectivity index (χ2v) is 6.94. The van der Waals surface area contributed by atoms with Gasteiger partial charge in [-0.2, -0.15) is 5.26 Å². The van der Waals surface area contributed by atoms with Crippen molar-refractivity contribution in [2.45, 2.75) is 26.2 Å². The number of benzene rings is 2. The quantitative estimate of drug-likeness (QED) is 0.908. The summed E-state index contributed by atoms with van der Waals surface area (Å²) in [5.74, 6) is 0.00381. The maximum absolute atomic E-state index is 12.5. The summed E-state index contributed by atoms with van der Waals surface area (Å²) in [6.45, 7) is 3.23. The van der Waals surface area contributed by atoms with Crippen LogP contribution in [0, 0.1) is 24.2 Å². The second-order valence-electron chi connectivity index (χ2n) is 6.94. The highest BCUT2D eigenvalue weighted by Gasteiger charge is 2.27. The third-order valence-electron chi connectivity index (χ3n) is 5.10. The Morgan fingerprint density at radius 3 is 2.41 bits per heavy atom. The SMILES string of the molecule is Cc1ccccc1CC(=O)N1CCC(C(=O)Nc2ccc(C#N)cc2)CC1. The van der Waals surface area contributed by atoms with Gasteiger partial charge in [-0.3, -0.25) is 9.59 Å². The van der Waals surface area contributed by atoms with E-state index in [0.717, 1.165) is 11.1 Å². The van der Waals surface area contributed by atoms with Crippen molar-refractivity contribution in [3.8, 4) is 6.07 Å². The summed E-state index contributed by atoms with van der Waals surface area (Å²) >= 11 is 0. The van der Waals surface area contributed by atoms with E-state index in [4.69, 9.17) is 5.26 Å². The minimum atomic E-state index is -0.0943. The van der Waals surface area contributed by atoms with Crippen molar-refractivity contribution in [1.82, 2.24) is 4.90 Å². The van der Waals surface area contributed by atoms with Crippen molar-refractivity contribution in [3.05, 3.63) is 65.2 Å². The molecule has 2 amide bonds. The van der Waals surface area contributed by atoms with Crippen molar-refractivity contribution in [2.24, 2.45) is 5.92 Å². The predicted molar refractivity (Wildman–Crippen MR) is 104 cm³/mol. The van der Waals surface area contributed by atoms with E-state index in [2.05, 4.69) is 11.4 Å². The third kappa shape index (κ3) is 4.73. The van der Waals surface area contributed by atoms with Gasteiger partial charge in [0.25, 0.3) is 0 Å². The molecule has 0 saturated carbocycles. The van der Waals surface area contributed by atoms with Gasteiger partial charge in [0, 0.05) is 24.7 Å².